The van der Waals surface area contributed by atoms with Gasteiger partial charge in [0.1, 0.15) is 0 Å². The van der Waals surface area contributed by atoms with Crippen LogP contribution >= 0.6 is 0 Å². The summed E-state index contributed by atoms with van der Waals surface area (Å²) in [6, 6.07) is 5.99. The maximum Gasteiger partial charge on any atom is 0.269 e. The summed E-state index contributed by atoms with van der Waals surface area (Å²) >= 11 is 0. The molecular weight excluding hydrogens is 224 g/mol. The molecule has 17 heavy (non-hydrogen) atoms. The maximum atomic E-state index is 10.5. The van der Waals surface area contributed by atoms with Gasteiger partial charge in [0, 0.05) is 17.7 Å². The summed E-state index contributed by atoms with van der Waals surface area (Å²) in [5.74, 6) is 0.894. The van der Waals surface area contributed by atoms with Crippen molar-refractivity contribution < 1.29 is 9.45 Å². The molecule has 1 aromatic heterocycles. The van der Waals surface area contributed by atoms with Gasteiger partial charge >= 0.3 is 0 Å². The summed E-state index contributed by atoms with van der Waals surface area (Å²) in [5.41, 5.74) is 0.717. The van der Waals surface area contributed by atoms with Gasteiger partial charge in [-0.2, -0.15) is 4.98 Å². The number of hydrogen-bond acceptors (Lipinski definition) is 6. The van der Waals surface area contributed by atoms with E-state index in [1.54, 1.807) is 19.2 Å². The van der Waals surface area contributed by atoms with Crippen molar-refractivity contribution in [2.45, 2.75) is 6.54 Å². The largest absolute Gasteiger partial charge is 0.338 e. The molecule has 0 spiro atoms. The summed E-state index contributed by atoms with van der Waals surface area (Å²) in [7, 11) is 1.77. The van der Waals surface area contributed by atoms with Crippen LogP contribution in [0.25, 0.3) is 11.4 Å². The van der Waals surface area contributed by atoms with Gasteiger partial charge in [0.05, 0.1) is 11.5 Å². The predicted molar refractivity (Wildman–Crippen MR) is 59.2 cm³/mol. The monoisotopic (exact) mass is 234 g/mol. The number of benzene rings is 1. The molecule has 0 atom stereocenters. The van der Waals surface area contributed by atoms with E-state index in [-0.39, 0.29) is 5.69 Å². The molecule has 88 valence electrons. The Balaban J connectivity index is 2.23. The van der Waals surface area contributed by atoms with Crippen LogP contribution in [-0.4, -0.2) is 22.1 Å². The van der Waals surface area contributed by atoms with E-state index < -0.39 is 4.92 Å². The first-order valence-corrected chi connectivity index (χ1v) is 4.92. The van der Waals surface area contributed by atoms with Gasteiger partial charge in [-0.05, 0) is 19.2 Å². The van der Waals surface area contributed by atoms with Crippen LogP contribution in [0.1, 0.15) is 5.89 Å². The van der Waals surface area contributed by atoms with Crippen molar-refractivity contribution in [3.05, 3.63) is 40.3 Å². The molecule has 7 heteroatoms. The third kappa shape index (κ3) is 2.45. The Labute approximate surface area is 96.6 Å². The summed E-state index contributed by atoms with van der Waals surface area (Å²) in [5, 5.41) is 17.2. The van der Waals surface area contributed by atoms with Crippen molar-refractivity contribution in [1.29, 1.82) is 0 Å². The van der Waals surface area contributed by atoms with Crippen LogP contribution in [0, 0.1) is 10.1 Å². The molecule has 0 unspecified atom stereocenters. The van der Waals surface area contributed by atoms with Crippen LogP contribution < -0.4 is 5.32 Å². The molecule has 1 N–H and O–H groups in total. The van der Waals surface area contributed by atoms with Gasteiger partial charge in [0.25, 0.3) is 5.69 Å². The number of hydrogen-bond donors (Lipinski definition) is 1. The van der Waals surface area contributed by atoms with Gasteiger partial charge in [0.2, 0.25) is 11.7 Å². The fourth-order valence-corrected chi connectivity index (χ4v) is 1.33. The average molecular weight is 234 g/mol. The highest BCUT2D eigenvalue weighted by atomic mass is 16.6. The van der Waals surface area contributed by atoms with Crippen LogP contribution in [0.2, 0.25) is 0 Å². The van der Waals surface area contributed by atoms with E-state index in [0.717, 1.165) is 0 Å². The number of nitro groups is 1. The molecule has 0 fully saturated rings. The number of rotatable bonds is 4. The zero-order chi connectivity index (χ0) is 12.3. The predicted octanol–water partition coefficient (Wildman–Crippen LogP) is 1.36. The molecule has 0 amide bonds. The molecule has 2 rings (SSSR count). The lowest BCUT2D eigenvalue weighted by Gasteiger charge is -1.93. The molecule has 0 radical (unpaired) electrons. The fourth-order valence-electron chi connectivity index (χ4n) is 1.33. The van der Waals surface area contributed by atoms with E-state index in [0.29, 0.717) is 23.8 Å². The second-order valence-electron chi connectivity index (χ2n) is 3.35. The van der Waals surface area contributed by atoms with Crippen molar-refractivity contribution in [3.8, 4) is 11.4 Å². The van der Waals surface area contributed by atoms with Crippen molar-refractivity contribution in [2.75, 3.05) is 7.05 Å². The summed E-state index contributed by atoms with van der Waals surface area (Å²) in [6.07, 6.45) is 0. The summed E-state index contributed by atoms with van der Waals surface area (Å²) in [6.45, 7) is 0.486. The Hall–Kier alpha value is -2.28. The first kappa shape index (κ1) is 11.2. The molecule has 0 saturated heterocycles. The zero-order valence-electron chi connectivity index (χ0n) is 9.08. The molecule has 1 aromatic carbocycles. The highest BCUT2D eigenvalue weighted by Gasteiger charge is 2.10. The van der Waals surface area contributed by atoms with E-state index in [2.05, 4.69) is 15.5 Å². The Morgan fingerprint density at radius 3 is 2.71 bits per heavy atom. The Bertz CT molecular complexity index is 521. The fraction of sp³-hybridized carbons (Fsp3) is 0.200. The van der Waals surface area contributed by atoms with Crippen LogP contribution in [0.3, 0.4) is 0 Å². The van der Waals surface area contributed by atoms with Crippen LogP contribution in [-0.2, 0) is 6.54 Å². The van der Waals surface area contributed by atoms with Gasteiger partial charge in [-0.3, -0.25) is 10.1 Å². The number of nitrogens with one attached hydrogen (secondary N) is 1. The smallest absolute Gasteiger partial charge is 0.269 e. The molecule has 2 aromatic rings. The molecule has 0 aliphatic carbocycles. The highest BCUT2D eigenvalue weighted by Crippen LogP contribution is 2.19. The Kier molecular flexibility index (Phi) is 3.10. The second kappa shape index (κ2) is 4.71. The van der Waals surface area contributed by atoms with Gasteiger partial charge in [-0.25, -0.2) is 0 Å². The van der Waals surface area contributed by atoms with Crippen molar-refractivity contribution in [3.63, 3.8) is 0 Å². The van der Waals surface area contributed by atoms with Gasteiger partial charge in [-0.15, -0.1) is 0 Å². The molecule has 0 bridgehead atoms. The van der Waals surface area contributed by atoms with Crippen LogP contribution in [0.15, 0.2) is 28.8 Å². The van der Waals surface area contributed by atoms with Crippen LogP contribution in [0.4, 0.5) is 5.69 Å². The third-order valence-corrected chi connectivity index (χ3v) is 2.13. The standard InChI is InChI=1S/C10H10N4O3/c1-11-6-9-12-10(13-17-9)7-2-4-8(5-3-7)14(15)16/h2-5,11H,6H2,1H3. The van der Waals surface area contributed by atoms with Gasteiger partial charge in [0.15, 0.2) is 0 Å². The molecule has 0 saturated carbocycles. The van der Waals surface area contributed by atoms with Crippen molar-refractivity contribution in [1.82, 2.24) is 15.5 Å². The topological polar surface area (TPSA) is 94.1 Å². The minimum absolute atomic E-state index is 0.0349. The quantitative estimate of drug-likeness (QED) is 0.634. The average Bonchev–Trinajstić information content (AvgIpc) is 2.78. The van der Waals surface area contributed by atoms with E-state index in [9.17, 15) is 10.1 Å². The highest BCUT2D eigenvalue weighted by molar-refractivity contribution is 5.56. The molecule has 1 heterocycles. The van der Waals surface area contributed by atoms with Crippen molar-refractivity contribution in [2.24, 2.45) is 0 Å². The minimum Gasteiger partial charge on any atom is -0.338 e. The first-order chi connectivity index (χ1) is 8.20. The Morgan fingerprint density at radius 1 is 1.41 bits per heavy atom. The van der Waals surface area contributed by atoms with E-state index >= 15 is 0 Å². The lowest BCUT2D eigenvalue weighted by atomic mass is 10.2. The van der Waals surface area contributed by atoms with E-state index in [1.807, 2.05) is 0 Å². The number of nitro benzene ring substituents is 1. The number of aromatic nitrogens is 2. The molecule has 7 nitrogen and oxygen atoms in total. The minimum atomic E-state index is -0.452. The van der Waals surface area contributed by atoms with Crippen molar-refractivity contribution >= 4 is 5.69 Å². The number of non-ortho nitro benzene ring substituents is 1. The lowest BCUT2D eigenvalue weighted by Crippen LogP contribution is -2.04. The SMILES string of the molecule is CNCc1nc(-c2ccc([N+](=O)[O-])cc2)no1. The van der Waals surface area contributed by atoms with Gasteiger partial charge < -0.3 is 9.84 Å². The summed E-state index contributed by atoms with van der Waals surface area (Å²) < 4.78 is 4.98. The van der Waals surface area contributed by atoms with E-state index in [4.69, 9.17) is 4.52 Å². The zero-order valence-corrected chi connectivity index (χ0v) is 9.08. The molecular formula is C10H10N4O3. The normalized spacial score (nSPS) is 10.4. The van der Waals surface area contributed by atoms with Crippen LogP contribution in [0.5, 0.6) is 0 Å². The number of nitrogens with zero attached hydrogens (tertiary/aromatic N) is 3. The van der Waals surface area contributed by atoms with E-state index in [1.165, 1.54) is 12.1 Å². The lowest BCUT2D eigenvalue weighted by molar-refractivity contribution is -0.384. The molecule has 0 aliphatic rings. The Morgan fingerprint density at radius 2 is 2.12 bits per heavy atom. The molecule has 0 aliphatic heterocycles. The maximum absolute atomic E-state index is 10.5. The first-order valence-electron chi connectivity index (χ1n) is 4.92. The third-order valence-electron chi connectivity index (χ3n) is 2.13. The second-order valence-corrected chi connectivity index (χ2v) is 3.35. The summed E-state index contributed by atoms with van der Waals surface area (Å²) in [4.78, 5) is 14.2. The van der Waals surface area contributed by atoms with Gasteiger partial charge in [-0.1, -0.05) is 5.16 Å².